The molecule has 134 valence electrons. The van der Waals surface area contributed by atoms with Gasteiger partial charge in [-0.3, -0.25) is 9.59 Å². The molecule has 0 aromatic rings. The molecule has 1 aliphatic carbocycles. The molecule has 0 spiro atoms. The largest absolute Gasteiger partial charge is 0.356 e. The van der Waals surface area contributed by atoms with Crippen LogP contribution < -0.4 is 11.1 Å². The van der Waals surface area contributed by atoms with E-state index in [0.29, 0.717) is 37.3 Å². The van der Waals surface area contributed by atoms with Crippen molar-refractivity contribution in [1.82, 2.24) is 10.2 Å². The van der Waals surface area contributed by atoms with Crippen molar-refractivity contribution >= 4 is 24.2 Å². The lowest BCUT2D eigenvalue weighted by molar-refractivity contribution is -0.138. The van der Waals surface area contributed by atoms with Crippen LogP contribution in [0.1, 0.15) is 51.9 Å². The lowest BCUT2D eigenvalue weighted by Gasteiger charge is -2.35. The van der Waals surface area contributed by atoms with Gasteiger partial charge in [0.05, 0.1) is 0 Å². The van der Waals surface area contributed by atoms with Gasteiger partial charge < -0.3 is 16.0 Å². The van der Waals surface area contributed by atoms with Crippen LogP contribution in [-0.4, -0.2) is 42.9 Å². The van der Waals surface area contributed by atoms with Gasteiger partial charge in [-0.2, -0.15) is 0 Å². The van der Waals surface area contributed by atoms with Crippen molar-refractivity contribution in [3.05, 3.63) is 0 Å². The number of rotatable bonds is 6. The van der Waals surface area contributed by atoms with E-state index in [1.807, 2.05) is 11.8 Å². The highest BCUT2D eigenvalue weighted by Crippen LogP contribution is 2.33. The van der Waals surface area contributed by atoms with Gasteiger partial charge in [-0.25, -0.2) is 0 Å². The Morgan fingerprint density at radius 2 is 2.00 bits per heavy atom. The van der Waals surface area contributed by atoms with Gasteiger partial charge in [-0.1, -0.05) is 13.3 Å². The SMILES string of the molecule is CCCC(=O)NCC1CCCN(C(=O)[C@@H]2CCC[C@@H]2CN)C1.Cl. The molecule has 23 heavy (non-hydrogen) atoms. The van der Waals surface area contributed by atoms with Crippen molar-refractivity contribution < 1.29 is 9.59 Å². The predicted octanol–water partition coefficient (Wildman–Crippen LogP) is 1.94. The smallest absolute Gasteiger partial charge is 0.226 e. The zero-order chi connectivity index (χ0) is 15.9. The van der Waals surface area contributed by atoms with Crippen LogP contribution in [0, 0.1) is 17.8 Å². The molecule has 2 fully saturated rings. The Balaban J connectivity index is 0.00000264. The Kier molecular flexibility index (Phi) is 8.92. The van der Waals surface area contributed by atoms with Crippen LogP contribution in [-0.2, 0) is 9.59 Å². The van der Waals surface area contributed by atoms with Gasteiger partial charge in [0.25, 0.3) is 0 Å². The number of hydrogen-bond acceptors (Lipinski definition) is 3. The molecule has 6 heteroatoms. The molecule has 1 heterocycles. The van der Waals surface area contributed by atoms with Crippen LogP contribution >= 0.6 is 12.4 Å². The molecule has 2 aliphatic rings. The first-order valence-electron chi connectivity index (χ1n) is 8.91. The molecule has 0 aromatic heterocycles. The maximum Gasteiger partial charge on any atom is 0.226 e. The molecule has 0 bridgehead atoms. The lowest BCUT2D eigenvalue weighted by atomic mass is 9.92. The highest BCUT2D eigenvalue weighted by molar-refractivity contribution is 5.85. The van der Waals surface area contributed by atoms with Gasteiger partial charge in [0.1, 0.15) is 0 Å². The van der Waals surface area contributed by atoms with E-state index in [2.05, 4.69) is 5.32 Å². The Labute approximate surface area is 146 Å². The van der Waals surface area contributed by atoms with E-state index in [9.17, 15) is 9.59 Å². The number of amides is 2. The third kappa shape index (κ3) is 5.64. The van der Waals surface area contributed by atoms with Crippen LogP contribution in [0.15, 0.2) is 0 Å². The third-order valence-corrected chi connectivity index (χ3v) is 5.17. The van der Waals surface area contributed by atoms with Gasteiger partial charge in [0, 0.05) is 32.0 Å². The van der Waals surface area contributed by atoms with Crippen LogP contribution in [0.2, 0.25) is 0 Å². The molecule has 3 N–H and O–H groups in total. The Morgan fingerprint density at radius 3 is 2.70 bits per heavy atom. The molecular weight excluding hydrogens is 314 g/mol. The number of hydrogen-bond donors (Lipinski definition) is 2. The van der Waals surface area contributed by atoms with Gasteiger partial charge in [0.15, 0.2) is 0 Å². The first-order valence-corrected chi connectivity index (χ1v) is 8.91. The molecule has 1 saturated heterocycles. The van der Waals surface area contributed by atoms with E-state index in [-0.39, 0.29) is 24.2 Å². The van der Waals surface area contributed by atoms with Gasteiger partial charge in [0.2, 0.25) is 11.8 Å². The summed E-state index contributed by atoms with van der Waals surface area (Å²) in [5, 5.41) is 3.01. The molecular formula is C17H32ClN3O2. The van der Waals surface area contributed by atoms with Crippen molar-refractivity contribution in [1.29, 1.82) is 0 Å². The minimum absolute atomic E-state index is 0. The summed E-state index contributed by atoms with van der Waals surface area (Å²) in [5.74, 6) is 1.34. The lowest BCUT2D eigenvalue weighted by Crippen LogP contribution is -2.46. The summed E-state index contributed by atoms with van der Waals surface area (Å²) in [6.07, 6.45) is 6.83. The van der Waals surface area contributed by atoms with Gasteiger partial charge in [-0.05, 0) is 50.5 Å². The molecule has 2 rings (SSSR count). The fourth-order valence-electron chi connectivity index (χ4n) is 3.88. The molecule has 1 unspecified atom stereocenters. The molecule has 5 nitrogen and oxygen atoms in total. The highest BCUT2D eigenvalue weighted by Gasteiger charge is 2.36. The first-order chi connectivity index (χ1) is 10.7. The fourth-order valence-corrected chi connectivity index (χ4v) is 3.88. The molecule has 2 amide bonds. The quantitative estimate of drug-likeness (QED) is 0.772. The van der Waals surface area contributed by atoms with Crippen molar-refractivity contribution in [2.45, 2.75) is 51.9 Å². The zero-order valence-electron chi connectivity index (χ0n) is 14.3. The maximum atomic E-state index is 12.7. The minimum Gasteiger partial charge on any atom is -0.356 e. The summed E-state index contributed by atoms with van der Waals surface area (Å²) < 4.78 is 0. The summed E-state index contributed by atoms with van der Waals surface area (Å²) in [6, 6.07) is 0. The second-order valence-corrected chi connectivity index (χ2v) is 6.88. The first kappa shape index (κ1) is 20.2. The summed E-state index contributed by atoms with van der Waals surface area (Å²) in [4.78, 5) is 26.4. The summed E-state index contributed by atoms with van der Waals surface area (Å²) >= 11 is 0. The topological polar surface area (TPSA) is 75.4 Å². The van der Waals surface area contributed by atoms with E-state index in [4.69, 9.17) is 5.73 Å². The summed E-state index contributed by atoms with van der Waals surface area (Å²) in [7, 11) is 0. The van der Waals surface area contributed by atoms with Crippen LogP contribution in [0.25, 0.3) is 0 Å². The maximum absolute atomic E-state index is 12.7. The minimum atomic E-state index is 0. The summed E-state index contributed by atoms with van der Waals surface area (Å²) in [6.45, 7) is 5.00. The van der Waals surface area contributed by atoms with Gasteiger partial charge in [-0.15, -0.1) is 12.4 Å². The van der Waals surface area contributed by atoms with E-state index in [1.165, 1.54) is 0 Å². The zero-order valence-corrected chi connectivity index (χ0v) is 15.1. The second-order valence-electron chi connectivity index (χ2n) is 6.88. The number of nitrogens with one attached hydrogen (secondary N) is 1. The normalized spacial score (nSPS) is 27.4. The fraction of sp³-hybridized carbons (Fsp3) is 0.882. The number of halogens is 1. The molecule has 0 aromatic carbocycles. The third-order valence-electron chi connectivity index (χ3n) is 5.17. The van der Waals surface area contributed by atoms with E-state index < -0.39 is 0 Å². The molecule has 1 aliphatic heterocycles. The monoisotopic (exact) mass is 345 g/mol. The van der Waals surface area contributed by atoms with Crippen molar-refractivity contribution in [3.8, 4) is 0 Å². The van der Waals surface area contributed by atoms with Crippen LogP contribution in [0.3, 0.4) is 0 Å². The molecule has 3 atom stereocenters. The Hall–Kier alpha value is -0.810. The predicted molar refractivity (Wildman–Crippen MR) is 94.4 cm³/mol. The van der Waals surface area contributed by atoms with E-state index >= 15 is 0 Å². The average Bonchev–Trinajstić information content (AvgIpc) is 3.01. The van der Waals surface area contributed by atoms with Crippen molar-refractivity contribution in [2.75, 3.05) is 26.2 Å². The number of carbonyl (C=O) groups excluding carboxylic acids is 2. The second kappa shape index (κ2) is 10.1. The number of likely N-dealkylation sites (tertiary alicyclic amines) is 1. The molecule has 1 saturated carbocycles. The van der Waals surface area contributed by atoms with E-state index in [1.54, 1.807) is 0 Å². The number of nitrogens with two attached hydrogens (primary N) is 1. The number of nitrogens with zero attached hydrogens (tertiary/aromatic N) is 1. The standard InChI is InChI=1S/C17H31N3O2.ClH/c1-2-5-16(21)19-11-13-6-4-9-20(12-13)17(22)15-8-3-7-14(15)10-18;/h13-15H,2-12,18H2,1H3,(H,19,21);1H/t13?,14-,15-;/m1./s1. The Bertz CT molecular complexity index is 392. The highest BCUT2D eigenvalue weighted by atomic mass is 35.5. The number of carbonyl (C=O) groups is 2. The van der Waals surface area contributed by atoms with Crippen LogP contribution in [0.4, 0.5) is 0 Å². The van der Waals surface area contributed by atoms with Crippen molar-refractivity contribution in [3.63, 3.8) is 0 Å². The summed E-state index contributed by atoms with van der Waals surface area (Å²) in [5.41, 5.74) is 5.81. The van der Waals surface area contributed by atoms with E-state index in [0.717, 1.165) is 51.6 Å². The average molecular weight is 346 g/mol. The molecule has 0 radical (unpaired) electrons. The van der Waals surface area contributed by atoms with Crippen LogP contribution in [0.5, 0.6) is 0 Å². The van der Waals surface area contributed by atoms with Gasteiger partial charge >= 0.3 is 0 Å². The van der Waals surface area contributed by atoms with Crippen molar-refractivity contribution in [2.24, 2.45) is 23.5 Å². The Morgan fingerprint density at radius 1 is 1.22 bits per heavy atom. The number of piperidine rings is 1.